The number of carbonyl (C=O) groups excluding carboxylic acids is 1. The van der Waals surface area contributed by atoms with Crippen molar-refractivity contribution < 1.29 is 19.0 Å². The van der Waals surface area contributed by atoms with E-state index in [1.807, 2.05) is 18.2 Å². The van der Waals surface area contributed by atoms with E-state index in [1.54, 1.807) is 14.0 Å². The van der Waals surface area contributed by atoms with Crippen molar-refractivity contribution in [2.75, 3.05) is 33.5 Å². The lowest BCUT2D eigenvalue weighted by molar-refractivity contribution is -0.143. The van der Waals surface area contributed by atoms with Gasteiger partial charge in [0.15, 0.2) is 0 Å². The van der Waals surface area contributed by atoms with Crippen LogP contribution in [0.4, 0.5) is 0 Å². The summed E-state index contributed by atoms with van der Waals surface area (Å²) in [6, 6.07) is 5.38. The highest BCUT2D eigenvalue weighted by Crippen LogP contribution is 2.37. The van der Waals surface area contributed by atoms with E-state index >= 15 is 0 Å². The van der Waals surface area contributed by atoms with Crippen molar-refractivity contribution in [2.45, 2.75) is 37.6 Å². The number of hydrogen-bond donors (Lipinski definition) is 1. The van der Waals surface area contributed by atoms with Crippen LogP contribution in [0, 0.1) is 0 Å². The van der Waals surface area contributed by atoms with Crippen molar-refractivity contribution in [3.05, 3.63) is 34.3 Å². The third-order valence-electron chi connectivity index (χ3n) is 4.52. The molecule has 5 nitrogen and oxygen atoms in total. The molecule has 2 N–H and O–H groups in total. The van der Waals surface area contributed by atoms with Gasteiger partial charge in [0.25, 0.3) is 0 Å². The number of nitrogens with two attached hydrogens (primary N) is 1. The fourth-order valence-electron chi connectivity index (χ4n) is 3.20. The van der Waals surface area contributed by atoms with E-state index < -0.39 is 6.04 Å². The van der Waals surface area contributed by atoms with E-state index in [0.717, 1.165) is 24.0 Å². The van der Waals surface area contributed by atoms with Crippen molar-refractivity contribution in [3.63, 3.8) is 0 Å². The Morgan fingerprint density at radius 1 is 1.36 bits per heavy atom. The molecule has 0 unspecified atom stereocenters. The third-order valence-corrected chi connectivity index (χ3v) is 4.74. The number of benzene rings is 1. The highest BCUT2D eigenvalue weighted by atomic mass is 35.5. The summed E-state index contributed by atoms with van der Waals surface area (Å²) in [7, 11) is 1.70. The van der Waals surface area contributed by atoms with E-state index in [9.17, 15) is 4.79 Å². The van der Waals surface area contributed by atoms with Gasteiger partial charge in [-0.2, -0.15) is 0 Å². The minimum absolute atomic E-state index is 0. The molecule has 1 aromatic rings. The van der Waals surface area contributed by atoms with Gasteiger partial charge in [-0.05, 0) is 43.0 Å². The first-order valence-electron chi connectivity index (χ1n) is 8.29. The predicted molar refractivity (Wildman–Crippen MR) is 100 cm³/mol. The Morgan fingerprint density at radius 3 is 2.64 bits per heavy atom. The second kappa shape index (κ2) is 10.3. The van der Waals surface area contributed by atoms with Gasteiger partial charge in [-0.25, -0.2) is 0 Å². The third kappa shape index (κ3) is 5.83. The molecule has 0 aromatic heterocycles. The van der Waals surface area contributed by atoms with Gasteiger partial charge in [0.2, 0.25) is 0 Å². The van der Waals surface area contributed by atoms with Gasteiger partial charge in [0.05, 0.1) is 19.6 Å². The number of ether oxygens (including phenoxy) is 3. The number of halogens is 2. The highest BCUT2D eigenvalue weighted by molar-refractivity contribution is 6.30. The average Bonchev–Trinajstić information content (AvgIpc) is 2.55. The first-order valence-corrected chi connectivity index (χ1v) is 8.67. The fourth-order valence-corrected chi connectivity index (χ4v) is 3.45. The van der Waals surface area contributed by atoms with Crippen LogP contribution < -0.4 is 5.73 Å². The second-order valence-electron chi connectivity index (χ2n) is 6.21. The first-order chi connectivity index (χ1) is 11.5. The van der Waals surface area contributed by atoms with Crippen molar-refractivity contribution in [3.8, 4) is 0 Å². The van der Waals surface area contributed by atoms with E-state index in [4.69, 9.17) is 31.5 Å². The lowest BCUT2D eigenvalue weighted by Crippen LogP contribution is -2.38. The molecule has 1 aliphatic heterocycles. The molecule has 1 aliphatic rings. The smallest absolute Gasteiger partial charge is 0.307 e. The summed E-state index contributed by atoms with van der Waals surface area (Å²) in [5.41, 5.74) is 8.00. The molecule has 1 heterocycles. The predicted octanol–water partition coefficient (Wildman–Crippen LogP) is 3.41. The van der Waals surface area contributed by atoms with Crippen molar-refractivity contribution >= 4 is 30.0 Å². The van der Waals surface area contributed by atoms with Crippen molar-refractivity contribution in [1.29, 1.82) is 0 Å². The molecule has 0 aliphatic carbocycles. The van der Waals surface area contributed by atoms with Gasteiger partial charge < -0.3 is 19.9 Å². The number of hydrogen-bond acceptors (Lipinski definition) is 5. The number of esters is 1. The van der Waals surface area contributed by atoms with Crippen molar-refractivity contribution in [2.24, 2.45) is 5.73 Å². The van der Waals surface area contributed by atoms with Crippen LogP contribution >= 0.6 is 24.0 Å². The Kier molecular flexibility index (Phi) is 9.17. The largest absolute Gasteiger partial charge is 0.466 e. The van der Waals surface area contributed by atoms with Gasteiger partial charge in [0, 0.05) is 36.8 Å². The quantitative estimate of drug-likeness (QED) is 0.721. The molecular formula is C18H27Cl2NO4. The molecule has 0 saturated carbocycles. The number of carbonyl (C=O) groups is 1. The molecule has 142 valence electrons. The summed E-state index contributed by atoms with van der Waals surface area (Å²) in [5.74, 6) is -0.302. The highest BCUT2D eigenvalue weighted by Gasteiger charge is 2.35. The monoisotopic (exact) mass is 391 g/mol. The summed E-state index contributed by atoms with van der Waals surface area (Å²) in [6.45, 7) is 4.12. The molecule has 0 amide bonds. The molecule has 0 radical (unpaired) electrons. The summed E-state index contributed by atoms with van der Waals surface area (Å²) in [5, 5.41) is 0.615. The van der Waals surface area contributed by atoms with Crippen LogP contribution in [0.3, 0.4) is 0 Å². The molecule has 1 atom stereocenters. The average molecular weight is 392 g/mol. The van der Waals surface area contributed by atoms with Crippen molar-refractivity contribution in [1.82, 2.24) is 0 Å². The molecular weight excluding hydrogens is 365 g/mol. The maximum atomic E-state index is 11.7. The zero-order chi connectivity index (χ0) is 17.6. The molecule has 1 aromatic carbocycles. The number of rotatable bonds is 7. The number of methoxy groups -OCH3 is 1. The van der Waals surface area contributed by atoms with Gasteiger partial charge in [0.1, 0.15) is 0 Å². The molecule has 7 heteroatoms. The summed E-state index contributed by atoms with van der Waals surface area (Å²) in [6.07, 6.45) is 1.87. The Balaban J connectivity index is 0.00000312. The standard InChI is InChI=1S/C18H26ClNO4.ClH/c1-3-24-17(21)11-16(20)13-8-14(10-15(19)9-13)18(12-22-2)4-6-23-7-5-18;/h8-10,16H,3-7,11-12,20H2,1-2H3;1H/t16-;/m0./s1. The minimum Gasteiger partial charge on any atom is -0.466 e. The molecule has 2 rings (SSSR count). The zero-order valence-corrected chi connectivity index (χ0v) is 16.3. The van der Waals surface area contributed by atoms with Crippen LogP contribution in [0.15, 0.2) is 18.2 Å². The zero-order valence-electron chi connectivity index (χ0n) is 14.8. The minimum atomic E-state index is -0.444. The molecule has 0 bridgehead atoms. The fraction of sp³-hybridized carbons (Fsp3) is 0.611. The Bertz CT molecular complexity index is 556. The topological polar surface area (TPSA) is 70.8 Å². The van der Waals surface area contributed by atoms with E-state index in [-0.39, 0.29) is 30.2 Å². The maximum absolute atomic E-state index is 11.7. The van der Waals surface area contributed by atoms with Crippen LogP contribution in [-0.4, -0.2) is 39.5 Å². The van der Waals surface area contributed by atoms with Crippen LogP contribution in [0.2, 0.25) is 5.02 Å². The van der Waals surface area contributed by atoms with Crippen LogP contribution in [0.1, 0.15) is 43.4 Å². The second-order valence-corrected chi connectivity index (χ2v) is 6.65. The lowest BCUT2D eigenvalue weighted by Gasteiger charge is -2.37. The summed E-state index contributed by atoms with van der Waals surface area (Å²) >= 11 is 6.33. The molecule has 25 heavy (non-hydrogen) atoms. The van der Waals surface area contributed by atoms with Crippen LogP contribution in [0.5, 0.6) is 0 Å². The summed E-state index contributed by atoms with van der Waals surface area (Å²) in [4.78, 5) is 11.7. The van der Waals surface area contributed by atoms with E-state index in [0.29, 0.717) is 31.5 Å². The Labute approximate surface area is 160 Å². The van der Waals surface area contributed by atoms with Gasteiger partial charge in [-0.1, -0.05) is 17.7 Å². The molecule has 1 fully saturated rings. The van der Waals surface area contributed by atoms with Gasteiger partial charge >= 0.3 is 5.97 Å². The summed E-state index contributed by atoms with van der Waals surface area (Å²) < 4.78 is 16.0. The van der Waals surface area contributed by atoms with Gasteiger partial charge in [-0.15, -0.1) is 12.4 Å². The van der Waals surface area contributed by atoms with Gasteiger partial charge in [-0.3, -0.25) is 4.79 Å². The van der Waals surface area contributed by atoms with E-state index in [2.05, 4.69) is 0 Å². The SMILES string of the molecule is CCOC(=O)C[C@H](N)c1cc(Cl)cc(C2(COC)CCOCC2)c1.Cl. The first kappa shape index (κ1) is 22.2. The maximum Gasteiger partial charge on any atom is 0.307 e. The Hall–Kier alpha value is -0.850. The molecule has 0 spiro atoms. The van der Waals surface area contributed by atoms with E-state index in [1.165, 1.54) is 0 Å². The Morgan fingerprint density at radius 2 is 2.04 bits per heavy atom. The lowest BCUT2D eigenvalue weighted by atomic mass is 9.74. The molecule has 1 saturated heterocycles. The van der Waals surface area contributed by atoms with Crippen LogP contribution in [-0.2, 0) is 24.4 Å². The van der Waals surface area contributed by atoms with Crippen LogP contribution in [0.25, 0.3) is 0 Å². The normalized spacial score (nSPS) is 17.4.